The molecule has 1 aliphatic heterocycles. The lowest BCUT2D eigenvalue weighted by Crippen LogP contribution is -2.44. The fraction of sp³-hybridized carbons (Fsp3) is 0.312. The van der Waals surface area contributed by atoms with Crippen molar-refractivity contribution < 1.29 is 13.9 Å². The van der Waals surface area contributed by atoms with Crippen molar-refractivity contribution >= 4 is 5.91 Å². The summed E-state index contributed by atoms with van der Waals surface area (Å²) < 4.78 is 18.7. The zero-order valence-electron chi connectivity index (χ0n) is 12.0. The molecule has 1 unspecified atom stereocenters. The molecule has 1 aromatic heterocycles. The predicted octanol–water partition coefficient (Wildman–Crippen LogP) is 2.30. The van der Waals surface area contributed by atoms with Crippen molar-refractivity contribution in [2.24, 2.45) is 0 Å². The Hall–Kier alpha value is -2.50. The smallest absolute Gasteiger partial charge is 0.253 e. The summed E-state index contributed by atoms with van der Waals surface area (Å²) in [6.07, 6.45) is 4.69. The first-order chi connectivity index (χ1) is 10.7. The first-order valence-electron chi connectivity index (χ1n) is 7.20. The average molecular weight is 301 g/mol. The van der Waals surface area contributed by atoms with Crippen molar-refractivity contribution in [3.05, 3.63) is 54.2 Å². The van der Waals surface area contributed by atoms with Gasteiger partial charge in [0.2, 0.25) is 5.88 Å². The SMILES string of the molecule is O=C(c1ccc(F)cc1)N1CCCC(Oc2ccncn2)C1. The molecule has 0 radical (unpaired) electrons. The number of carbonyl (C=O) groups excluding carboxylic acids is 1. The minimum absolute atomic E-state index is 0.0898. The second-order valence-corrected chi connectivity index (χ2v) is 5.19. The molecule has 114 valence electrons. The fourth-order valence-corrected chi connectivity index (χ4v) is 2.51. The van der Waals surface area contributed by atoms with Gasteiger partial charge in [0, 0.05) is 24.4 Å². The van der Waals surface area contributed by atoms with Crippen LogP contribution in [0.15, 0.2) is 42.9 Å². The Bertz CT molecular complexity index is 634. The molecule has 1 fully saturated rings. The number of hydrogen-bond donors (Lipinski definition) is 0. The molecule has 1 saturated heterocycles. The number of rotatable bonds is 3. The Kier molecular flexibility index (Phi) is 4.27. The lowest BCUT2D eigenvalue weighted by Gasteiger charge is -2.32. The highest BCUT2D eigenvalue weighted by atomic mass is 19.1. The van der Waals surface area contributed by atoms with Crippen LogP contribution >= 0.6 is 0 Å². The van der Waals surface area contributed by atoms with Crippen molar-refractivity contribution in [2.75, 3.05) is 13.1 Å². The topological polar surface area (TPSA) is 55.3 Å². The van der Waals surface area contributed by atoms with E-state index in [0.29, 0.717) is 24.5 Å². The van der Waals surface area contributed by atoms with Gasteiger partial charge >= 0.3 is 0 Å². The molecule has 0 bridgehead atoms. The van der Waals surface area contributed by atoms with E-state index in [-0.39, 0.29) is 17.8 Å². The van der Waals surface area contributed by atoms with Crippen LogP contribution in [0.1, 0.15) is 23.2 Å². The molecular formula is C16H16FN3O2. The molecule has 2 heterocycles. The van der Waals surface area contributed by atoms with Crippen molar-refractivity contribution in [3.63, 3.8) is 0 Å². The molecule has 3 rings (SSSR count). The number of aromatic nitrogens is 2. The zero-order valence-corrected chi connectivity index (χ0v) is 12.0. The number of halogens is 1. The second-order valence-electron chi connectivity index (χ2n) is 5.19. The lowest BCUT2D eigenvalue weighted by molar-refractivity contribution is 0.0527. The van der Waals surface area contributed by atoms with Gasteiger partial charge in [0.1, 0.15) is 18.2 Å². The molecule has 0 aliphatic carbocycles. The van der Waals surface area contributed by atoms with Crippen molar-refractivity contribution in [1.29, 1.82) is 0 Å². The zero-order chi connectivity index (χ0) is 15.4. The van der Waals surface area contributed by atoms with Crippen LogP contribution in [0.2, 0.25) is 0 Å². The van der Waals surface area contributed by atoms with Gasteiger partial charge in [0.25, 0.3) is 5.91 Å². The van der Waals surface area contributed by atoms with Crippen LogP contribution in [-0.2, 0) is 0 Å². The van der Waals surface area contributed by atoms with Gasteiger partial charge < -0.3 is 9.64 Å². The standard InChI is InChI=1S/C16H16FN3O2/c17-13-5-3-12(4-6-13)16(21)20-9-1-2-14(10-20)22-15-7-8-18-11-19-15/h3-8,11,14H,1-2,9-10H2. The molecule has 5 nitrogen and oxygen atoms in total. The molecular weight excluding hydrogens is 285 g/mol. The van der Waals surface area contributed by atoms with Crippen molar-refractivity contribution in [3.8, 4) is 5.88 Å². The van der Waals surface area contributed by atoms with E-state index in [1.54, 1.807) is 17.2 Å². The van der Waals surface area contributed by atoms with E-state index in [1.165, 1.54) is 30.6 Å². The number of ether oxygens (including phenoxy) is 1. The minimum Gasteiger partial charge on any atom is -0.472 e. The predicted molar refractivity (Wildman–Crippen MR) is 78.0 cm³/mol. The summed E-state index contributed by atoms with van der Waals surface area (Å²) in [5.41, 5.74) is 0.490. The van der Waals surface area contributed by atoms with Crippen LogP contribution in [0.3, 0.4) is 0 Å². The summed E-state index contributed by atoms with van der Waals surface area (Å²) in [4.78, 5) is 22.0. The van der Waals surface area contributed by atoms with E-state index < -0.39 is 0 Å². The van der Waals surface area contributed by atoms with Gasteiger partial charge in [0.05, 0.1) is 6.54 Å². The normalized spacial score (nSPS) is 18.0. The maximum atomic E-state index is 12.9. The second kappa shape index (κ2) is 6.51. The quantitative estimate of drug-likeness (QED) is 0.873. The van der Waals surface area contributed by atoms with Gasteiger partial charge in [-0.05, 0) is 37.1 Å². The highest BCUT2D eigenvalue weighted by Gasteiger charge is 2.25. The maximum Gasteiger partial charge on any atom is 0.253 e. The van der Waals surface area contributed by atoms with Gasteiger partial charge in [-0.15, -0.1) is 0 Å². The molecule has 1 amide bonds. The molecule has 0 saturated carbocycles. The van der Waals surface area contributed by atoms with Crippen LogP contribution in [-0.4, -0.2) is 40.0 Å². The van der Waals surface area contributed by atoms with Gasteiger partial charge in [0.15, 0.2) is 0 Å². The molecule has 0 N–H and O–H groups in total. The fourth-order valence-electron chi connectivity index (χ4n) is 2.51. The molecule has 2 aromatic rings. The number of likely N-dealkylation sites (tertiary alicyclic amines) is 1. The highest BCUT2D eigenvalue weighted by molar-refractivity contribution is 5.94. The molecule has 1 aromatic carbocycles. The van der Waals surface area contributed by atoms with E-state index in [2.05, 4.69) is 9.97 Å². The largest absolute Gasteiger partial charge is 0.472 e. The average Bonchev–Trinajstić information content (AvgIpc) is 2.56. The van der Waals surface area contributed by atoms with Gasteiger partial charge in [-0.25, -0.2) is 14.4 Å². The Morgan fingerprint density at radius 1 is 1.27 bits per heavy atom. The first kappa shape index (κ1) is 14.4. The summed E-state index contributed by atoms with van der Waals surface area (Å²) in [6.45, 7) is 1.18. The van der Waals surface area contributed by atoms with E-state index in [4.69, 9.17) is 4.74 Å². The number of nitrogens with zero attached hydrogens (tertiary/aromatic N) is 3. The lowest BCUT2D eigenvalue weighted by atomic mass is 10.1. The molecule has 1 atom stereocenters. The summed E-state index contributed by atoms with van der Waals surface area (Å²) in [5.74, 6) is 0.0623. The van der Waals surface area contributed by atoms with Crippen LogP contribution in [0, 0.1) is 5.82 Å². The summed E-state index contributed by atoms with van der Waals surface area (Å²) >= 11 is 0. The Morgan fingerprint density at radius 2 is 2.09 bits per heavy atom. The van der Waals surface area contributed by atoms with Crippen LogP contribution < -0.4 is 4.74 Å². The summed E-state index contributed by atoms with van der Waals surface area (Å²) in [6, 6.07) is 7.30. The van der Waals surface area contributed by atoms with Gasteiger partial charge in [-0.2, -0.15) is 0 Å². The number of piperidine rings is 1. The summed E-state index contributed by atoms with van der Waals surface area (Å²) in [7, 11) is 0. The maximum absolute atomic E-state index is 12.9. The third kappa shape index (κ3) is 3.39. The van der Waals surface area contributed by atoms with E-state index in [1.807, 2.05) is 0 Å². The van der Waals surface area contributed by atoms with E-state index in [0.717, 1.165) is 12.8 Å². The van der Waals surface area contributed by atoms with Gasteiger partial charge in [-0.3, -0.25) is 4.79 Å². The number of carbonyl (C=O) groups is 1. The Morgan fingerprint density at radius 3 is 2.82 bits per heavy atom. The Balaban J connectivity index is 1.65. The third-order valence-electron chi connectivity index (χ3n) is 3.60. The van der Waals surface area contributed by atoms with Crippen LogP contribution in [0.5, 0.6) is 5.88 Å². The molecule has 6 heteroatoms. The Labute approximate surface area is 127 Å². The molecule has 22 heavy (non-hydrogen) atoms. The number of benzene rings is 1. The van der Waals surface area contributed by atoms with Crippen LogP contribution in [0.4, 0.5) is 4.39 Å². The summed E-state index contributed by atoms with van der Waals surface area (Å²) in [5, 5.41) is 0. The van der Waals surface area contributed by atoms with E-state index >= 15 is 0 Å². The molecule has 1 aliphatic rings. The third-order valence-corrected chi connectivity index (χ3v) is 3.60. The van der Waals surface area contributed by atoms with E-state index in [9.17, 15) is 9.18 Å². The monoisotopic (exact) mass is 301 g/mol. The first-order valence-corrected chi connectivity index (χ1v) is 7.20. The van der Waals surface area contributed by atoms with Crippen LogP contribution in [0.25, 0.3) is 0 Å². The van der Waals surface area contributed by atoms with Crippen molar-refractivity contribution in [2.45, 2.75) is 18.9 Å². The minimum atomic E-state index is -0.347. The number of hydrogen-bond acceptors (Lipinski definition) is 4. The van der Waals surface area contributed by atoms with Gasteiger partial charge in [-0.1, -0.05) is 0 Å². The van der Waals surface area contributed by atoms with Crippen molar-refractivity contribution in [1.82, 2.24) is 14.9 Å². The highest BCUT2D eigenvalue weighted by Crippen LogP contribution is 2.18. The molecule has 0 spiro atoms. The number of amides is 1.